The van der Waals surface area contributed by atoms with Crippen molar-refractivity contribution in [2.24, 2.45) is 0 Å². The molecular formula is C25H29NO5. The van der Waals surface area contributed by atoms with Gasteiger partial charge >= 0.3 is 11.6 Å². The second kappa shape index (κ2) is 8.94. The van der Waals surface area contributed by atoms with Crippen LogP contribution in [0.25, 0.3) is 22.1 Å². The Morgan fingerprint density at radius 3 is 2.45 bits per heavy atom. The number of aryl methyl sites for hydroxylation is 1. The number of methoxy groups -OCH3 is 1. The molecule has 0 amide bonds. The summed E-state index contributed by atoms with van der Waals surface area (Å²) in [5.74, 6) is -0.382. The maximum atomic E-state index is 12.7. The van der Waals surface area contributed by atoms with Gasteiger partial charge in [0.25, 0.3) is 0 Å². The summed E-state index contributed by atoms with van der Waals surface area (Å²) >= 11 is 0. The first-order valence-corrected chi connectivity index (χ1v) is 10.2. The maximum Gasteiger partial charge on any atom is 0.336 e. The highest BCUT2D eigenvalue weighted by molar-refractivity contribution is 5.95. The van der Waals surface area contributed by atoms with Crippen LogP contribution in [0.2, 0.25) is 0 Å². The Morgan fingerprint density at radius 2 is 1.81 bits per heavy atom. The molecule has 0 unspecified atom stereocenters. The minimum Gasteiger partial charge on any atom is -0.458 e. The average molecular weight is 424 g/mol. The van der Waals surface area contributed by atoms with Gasteiger partial charge < -0.3 is 18.8 Å². The molecular weight excluding hydrogens is 394 g/mol. The number of esters is 1. The molecule has 2 aromatic carbocycles. The lowest BCUT2D eigenvalue weighted by Crippen LogP contribution is -2.45. The van der Waals surface area contributed by atoms with Gasteiger partial charge in [-0.2, -0.15) is 0 Å². The van der Waals surface area contributed by atoms with Gasteiger partial charge in [0.05, 0.1) is 6.61 Å². The second-order valence-corrected chi connectivity index (χ2v) is 8.59. The fourth-order valence-electron chi connectivity index (χ4n) is 3.51. The van der Waals surface area contributed by atoms with Crippen molar-refractivity contribution in [1.82, 2.24) is 0 Å². The molecule has 0 spiro atoms. The van der Waals surface area contributed by atoms with Crippen molar-refractivity contribution in [1.29, 1.82) is 0 Å². The highest BCUT2D eigenvalue weighted by Gasteiger charge is 2.29. The highest BCUT2D eigenvalue weighted by atomic mass is 16.6. The molecule has 6 heteroatoms. The molecule has 1 heterocycles. The number of hydrogen-bond donors (Lipinski definition) is 0. The number of carbonyl (C=O) groups excluding carboxylic acids is 1. The molecule has 0 saturated heterocycles. The summed E-state index contributed by atoms with van der Waals surface area (Å²) < 4.78 is 16.3. The van der Waals surface area contributed by atoms with E-state index in [1.54, 1.807) is 25.1 Å². The van der Waals surface area contributed by atoms with E-state index in [9.17, 15) is 9.59 Å². The van der Waals surface area contributed by atoms with Crippen LogP contribution < -0.4 is 10.5 Å². The van der Waals surface area contributed by atoms with E-state index in [0.29, 0.717) is 11.3 Å². The molecule has 0 saturated carbocycles. The number of likely N-dealkylation sites (N-methyl/N-ethyl adjacent to an activating group) is 1. The summed E-state index contributed by atoms with van der Waals surface area (Å²) in [6.07, 6.45) is 0. The Balaban J connectivity index is 2.04. The quantitative estimate of drug-likeness (QED) is 0.428. The van der Waals surface area contributed by atoms with E-state index in [-0.39, 0.29) is 12.6 Å². The maximum absolute atomic E-state index is 12.7. The second-order valence-electron chi connectivity index (χ2n) is 8.59. The van der Waals surface area contributed by atoms with E-state index < -0.39 is 17.3 Å². The zero-order chi connectivity index (χ0) is 22.8. The summed E-state index contributed by atoms with van der Waals surface area (Å²) in [6, 6.07) is 14.4. The summed E-state index contributed by atoms with van der Waals surface area (Å²) in [5, 5.41) is 0.826. The van der Waals surface area contributed by atoms with Gasteiger partial charge in [-0.15, -0.1) is 0 Å². The van der Waals surface area contributed by atoms with Crippen LogP contribution in [0, 0.1) is 6.92 Å². The van der Waals surface area contributed by atoms with Gasteiger partial charge in [0.2, 0.25) is 0 Å². The lowest BCUT2D eigenvalue weighted by atomic mass is 9.98. The van der Waals surface area contributed by atoms with Gasteiger partial charge in [0.1, 0.15) is 11.2 Å². The first-order valence-electron chi connectivity index (χ1n) is 10.2. The molecule has 0 fully saturated rings. The molecule has 6 nitrogen and oxygen atoms in total. The summed E-state index contributed by atoms with van der Waals surface area (Å²) in [6.45, 7) is 7.65. The predicted molar refractivity (Wildman–Crippen MR) is 123 cm³/mol. The Bertz CT molecular complexity index is 1140. The lowest BCUT2D eigenvalue weighted by Gasteiger charge is -2.31. The van der Waals surface area contributed by atoms with Crippen molar-refractivity contribution in [2.75, 3.05) is 25.7 Å². The van der Waals surface area contributed by atoms with Gasteiger partial charge in [0.15, 0.2) is 6.04 Å². The molecule has 31 heavy (non-hydrogen) atoms. The van der Waals surface area contributed by atoms with Crippen LogP contribution in [-0.4, -0.2) is 38.4 Å². The Morgan fingerprint density at radius 1 is 1.10 bits per heavy atom. The monoisotopic (exact) mass is 423 g/mol. The normalized spacial score (nSPS) is 12.6. The molecule has 3 aromatic rings. The largest absolute Gasteiger partial charge is 0.458 e. The molecule has 164 valence electrons. The number of benzene rings is 2. The van der Waals surface area contributed by atoms with Gasteiger partial charge in [-0.25, -0.2) is 9.59 Å². The van der Waals surface area contributed by atoms with E-state index in [1.807, 2.05) is 64.1 Å². The van der Waals surface area contributed by atoms with E-state index in [4.69, 9.17) is 13.9 Å². The third-order valence-electron chi connectivity index (χ3n) is 5.04. The van der Waals surface area contributed by atoms with Crippen molar-refractivity contribution in [3.8, 4) is 11.1 Å². The number of hydrogen-bond acceptors (Lipinski definition) is 6. The number of fused-ring (bicyclic) bond motifs is 1. The molecule has 0 N–H and O–H groups in total. The standard InChI is InChI=1S/C25H29NO5/c1-16-9-7-8-10-18(16)20-14-23(27)30-22-13-17(11-12-19(20)22)26(5)21(15-29-6)24(28)31-25(2,3)4/h7-14,21H,15H2,1-6H3/t21-/m0/s1. The summed E-state index contributed by atoms with van der Waals surface area (Å²) in [4.78, 5) is 26.8. The van der Waals surface area contributed by atoms with Crippen molar-refractivity contribution < 1.29 is 18.7 Å². The van der Waals surface area contributed by atoms with Gasteiger partial charge in [0, 0.05) is 42.9 Å². The molecule has 0 aliphatic rings. The van der Waals surface area contributed by atoms with Crippen LogP contribution in [0.1, 0.15) is 26.3 Å². The summed E-state index contributed by atoms with van der Waals surface area (Å²) in [5.41, 5.74) is 3.00. The van der Waals surface area contributed by atoms with Crippen LogP contribution >= 0.6 is 0 Å². The molecule has 0 aliphatic heterocycles. The fraction of sp³-hybridized carbons (Fsp3) is 0.360. The van der Waals surface area contributed by atoms with Crippen molar-refractivity contribution in [3.63, 3.8) is 0 Å². The SMILES string of the molecule is COC[C@@H](C(=O)OC(C)(C)C)N(C)c1ccc2c(-c3ccccc3C)cc(=O)oc2c1. The van der Waals surface area contributed by atoms with Crippen LogP contribution in [-0.2, 0) is 14.3 Å². The first kappa shape index (κ1) is 22.6. The lowest BCUT2D eigenvalue weighted by molar-refractivity contribution is -0.157. The first-order chi connectivity index (χ1) is 14.6. The van der Waals surface area contributed by atoms with Crippen LogP contribution in [0.3, 0.4) is 0 Å². The topological polar surface area (TPSA) is 69.0 Å². The average Bonchev–Trinajstić information content (AvgIpc) is 2.69. The van der Waals surface area contributed by atoms with Gasteiger partial charge in [-0.05, 0) is 51.0 Å². The fourth-order valence-corrected chi connectivity index (χ4v) is 3.51. The van der Waals surface area contributed by atoms with Crippen molar-refractivity contribution in [3.05, 3.63) is 64.5 Å². The smallest absolute Gasteiger partial charge is 0.336 e. The number of ether oxygens (including phenoxy) is 2. The van der Waals surface area contributed by atoms with E-state index >= 15 is 0 Å². The van der Waals surface area contributed by atoms with Gasteiger partial charge in [-0.1, -0.05) is 24.3 Å². The van der Waals surface area contributed by atoms with Gasteiger partial charge in [-0.3, -0.25) is 0 Å². The highest BCUT2D eigenvalue weighted by Crippen LogP contribution is 2.32. The molecule has 3 rings (SSSR count). The molecule has 1 aromatic heterocycles. The third kappa shape index (κ3) is 5.14. The predicted octanol–water partition coefficient (Wildman–Crippen LogP) is 4.56. The van der Waals surface area contributed by atoms with E-state index in [1.165, 1.54) is 6.07 Å². The Labute approximate surface area is 182 Å². The minimum atomic E-state index is -0.645. The molecule has 0 radical (unpaired) electrons. The zero-order valence-corrected chi connectivity index (χ0v) is 18.9. The number of rotatable bonds is 6. The number of nitrogens with zero attached hydrogens (tertiary/aromatic N) is 1. The van der Waals surface area contributed by atoms with E-state index in [2.05, 4.69) is 0 Å². The Kier molecular flexibility index (Phi) is 6.51. The summed E-state index contributed by atoms with van der Waals surface area (Å²) in [7, 11) is 3.33. The third-order valence-corrected chi connectivity index (χ3v) is 5.04. The van der Waals surface area contributed by atoms with Crippen LogP contribution in [0.5, 0.6) is 0 Å². The van der Waals surface area contributed by atoms with Crippen molar-refractivity contribution >= 4 is 22.6 Å². The molecule has 0 aliphatic carbocycles. The van der Waals surface area contributed by atoms with E-state index in [0.717, 1.165) is 22.1 Å². The minimum absolute atomic E-state index is 0.163. The zero-order valence-electron chi connectivity index (χ0n) is 18.9. The number of anilines is 1. The van der Waals surface area contributed by atoms with Crippen LogP contribution in [0.15, 0.2) is 57.7 Å². The van der Waals surface area contributed by atoms with Crippen LogP contribution in [0.4, 0.5) is 5.69 Å². The Hall–Kier alpha value is -3.12. The molecule has 0 bridgehead atoms. The molecule has 1 atom stereocenters. The van der Waals surface area contributed by atoms with Crippen molar-refractivity contribution in [2.45, 2.75) is 39.3 Å². The number of carbonyl (C=O) groups is 1.